The normalized spacial score (nSPS) is 25.3. The van der Waals surface area contributed by atoms with Crippen LogP contribution in [0, 0.1) is 6.92 Å². The lowest BCUT2D eigenvalue weighted by Crippen LogP contribution is -2.49. The third kappa shape index (κ3) is 2.21. The molecule has 5 heteroatoms. The fourth-order valence-electron chi connectivity index (χ4n) is 2.63. The molecule has 2 heterocycles. The molecule has 0 saturated carbocycles. The van der Waals surface area contributed by atoms with Gasteiger partial charge in [0.2, 0.25) is 0 Å². The topological polar surface area (TPSA) is 53.4 Å². The lowest BCUT2D eigenvalue weighted by atomic mass is 9.93. The molecular formula is C12H18N2O2S. The van der Waals surface area contributed by atoms with Gasteiger partial charge in [0.15, 0.2) is 0 Å². The van der Waals surface area contributed by atoms with Crippen molar-refractivity contribution in [1.82, 2.24) is 9.88 Å². The number of nitrogens with zero attached hydrogens (tertiary/aromatic N) is 2. The Balaban J connectivity index is 2.17. The van der Waals surface area contributed by atoms with Gasteiger partial charge in [-0.15, -0.1) is 11.3 Å². The number of hydrogen-bond acceptors (Lipinski definition) is 4. The molecule has 1 aliphatic rings. The van der Waals surface area contributed by atoms with Crippen LogP contribution in [0.15, 0.2) is 6.20 Å². The van der Waals surface area contributed by atoms with Crippen molar-refractivity contribution in [2.24, 2.45) is 0 Å². The first-order valence-electron chi connectivity index (χ1n) is 5.98. The Labute approximate surface area is 105 Å². The number of carbonyl (C=O) groups is 1. The van der Waals surface area contributed by atoms with Crippen LogP contribution in [0.1, 0.15) is 36.1 Å². The Morgan fingerprint density at radius 1 is 1.71 bits per heavy atom. The van der Waals surface area contributed by atoms with Crippen molar-refractivity contribution in [3.63, 3.8) is 0 Å². The highest BCUT2D eigenvalue weighted by atomic mass is 32.1. The van der Waals surface area contributed by atoms with Crippen LogP contribution in [0.4, 0.5) is 0 Å². The van der Waals surface area contributed by atoms with Gasteiger partial charge in [-0.2, -0.15) is 0 Å². The molecule has 0 spiro atoms. The second-order valence-electron chi connectivity index (χ2n) is 4.56. The van der Waals surface area contributed by atoms with Crippen LogP contribution in [0.3, 0.4) is 0 Å². The zero-order chi connectivity index (χ0) is 12.5. The highest BCUT2D eigenvalue weighted by Crippen LogP contribution is 2.34. The highest BCUT2D eigenvalue weighted by Gasteiger charge is 2.46. The molecule has 4 nitrogen and oxygen atoms in total. The molecule has 1 atom stereocenters. The summed E-state index contributed by atoms with van der Waals surface area (Å²) in [7, 11) is 0. The van der Waals surface area contributed by atoms with Crippen LogP contribution in [-0.4, -0.2) is 33.0 Å². The average molecular weight is 254 g/mol. The number of carboxylic acids is 1. The first kappa shape index (κ1) is 12.5. The monoisotopic (exact) mass is 254 g/mol. The number of rotatable bonds is 4. The van der Waals surface area contributed by atoms with Gasteiger partial charge < -0.3 is 5.11 Å². The minimum atomic E-state index is -0.682. The van der Waals surface area contributed by atoms with E-state index in [0.29, 0.717) is 13.0 Å². The molecule has 1 N–H and O–H groups in total. The second-order valence-corrected chi connectivity index (χ2v) is 5.88. The Bertz CT molecular complexity index is 418. The van der Waals surface area contributed by atoms with Gasteiger partial charge in [-0.1, -0.05) is 6.92 Å². The van der Waals surface area contributed by atoms with Crippen LogP contribution in [0.25, 0.3) is 0 Å². The fraction of sp³-hybridized carbons (Fsp3) is 0.667. The molecule has 0 aliphatic carbocycles. The third-order valence-corrected chi connectivity index (χ3v) is 4.52. The zero-order valence-corrected chi connectivity index (χ0v) is 11.1. The van der Waals surface area contributed by atoms with E-state index in [9.17, 15) is 9.90 Å². The molecule has 1 unspecified atom stereocenters. The summed E-state index contributed by atoms with van der Waals surface area (Å²) in [5, 5.41) is 10.5. The molecule has 94 valence electrons. The van der Waals surface area contributed by atoms with Gasteiger partial charge in [0.1, 0.15) is 5.54 Å². The summed E-state index contributed by atoms with van der Waals surface area (Å²) in [6.07, 6.45) is 4.26. The van der Waals surface area contributed by atoms with E-state index in [2.05, 4.69) is 9.88 Å². The number of aliphatic carboxylic acids is 1. The van der Waals surface area contributed by atoms with Gasteiger partial charge in [-0.3, -0.25) is 9.69 Å². The molecule has 0 aromatic carbocycles. The van der Waals surface area contributed by atoms with E-state index in [1.165, 1.54) is 0 Å². The minimum Gasteiger partial charge on any atom is -0.480 e. The summed E-state index contributed by atoms with van der Waals surface area (Å²) in [5.74, 6) is -0.682. The van der Waals surface area contributed by atoms with Gasteiger partial charge in [0, 0.05) is 17.6 Å². The van der Waals surface area contributed by atoms with Gasteiger partial charge >= 0.3 is 5.97 Å². The van der Waals surface area contributed by atoms with Gasteiger partial charge in [0.05, 0.1) is 5.01 Å². The number of carboxylic acid groups (broad SMARTS) is 1. The van der Waals surface area contributed by atoms with E-state index < -0.39 is 11.5 Å². The molecule has 1 aromatic heterocycles. The van der Waals surface area contributed by atoms with Crippen molar-refractivity contribution in [2.45, 2.75) is 45.2 Å². The van der Waals surface area contributed by atoms with Crippen molar-refractivity contribution >= 4 is 17.3 Å². The number of aromatic nitrogens is 1. The molecule has 1 saturated heterocycles. The number of thiazole rings is 1. The van der Waals surface area contributed by atoms with E-state index in [1.54, 1.807) is 11.3 Å². The average Bonchev–Trinajstić information content (AvgIpc) is 2.86. The second kappa shape index (κ2) is 4.74. The summed E-state index contributed by atoms with van der Waals surface area (Å²) < 4.78 is 0. The van der Waals surface area contributed by atoms with Crippen molar-refractivity contribution in [1.29, 1.82) is 0 Å². The molecule has 0 amide bonds. The van der Waals surface area contributed by atoms with E-state index in [1.807, 2.05) is 20.0 Å². The van der Waals surface area contributed by atoms with Gasteiger partial charge in [-0.25, -0.2) is 4.98 Å². The van der Waals surface area contributed by atoms with E-state index >= 15 is 0 Å². The first-order valence-corrected chi connectivity index (χ1v) is 6.80. The quantitative estimate of drug-likeness (QED) is 0.895. The Hall–Kier alpha value is -0.940. The largest absolute Gasteiger partial charge is 0.480 e. The van der Waals surface area contributed by atoms with E-state index in [4.69, 9.17) is 0 Å². The highest BCUT2D eigenvalue weighted by molar-refractivity contribution is 7.11. The maximum absolute atomic E-state index is 11.5. The lowest BCUT2D eigenvalue weighted by Gasteiger charge is -2.33. The SMILES string of the molecule is CCC1(C(=O)O)CCCN1Cc1cnc(C)s1. The van der Waals surface area contributed by atoms with Crippen LogP contribution < -0.4 is 0 Å². The van der Waals surface area contributed by atoms with Crippen LogP contribution in [-0.2, 0) is 11.3 Å². The van der Waals surface area contributed by atoms with Crippen molar-refractivity contribution in [2.75, 3.05) is 6.54 Å². The lowest BCUT2D eigenvalue weighted by molar-refractivity contribution is -0.150. The summed E-state index contributed by atoms with van der Waals surface area (Å²) in [6.45, 7) is 5.52. The van der Waals surface area contributed by atoms with E-state index in [0.717, 1.165) is 29.3 Å². The summed E-state index contributed by atoms with van der Waals surface area (Å²) in [6, 6.07) is 0. The summed E-state index contributed by atoms with van der Waals surface area (Å²) in [4.78, 5) is 19.0. The maximum Gasteiger partial charge on any atom is 0.324 e. The molecule has 17 heavy (non-hydrogen) atoms. The van der Waals surface area contributed by atoms with Crippen molar-refractivity contribution in [3.8, 4) is 0 Å². The molecule has 1 aliphatic heterocycles. The number of likely N-dealkylation sites (tertiary alicyclic amines) is 1. The molecular weight excluding hydrogens is 236 g/mol. The van der Waals surface area contributed by atoms with Crippen LogP contribution in [0.2, 0.25) is 0 Å². The molecule has 0 bridgehead atoms. The molecule has 1 fully saturated rings. The van der Waals surface area contributed by atoms with Gasteiger partial charge in [0.25, 0.3) is 0 Å². The molecule has 2 rings (SSSR count). The first-order chi connectivity index (χ1) is 8.08. The number of aryl methyl sites for hydroxylation is 1. The van der Waals surface area contributed by atoms with Crippen LogP contribution in [0.5, 0.6) is 0 Å². The smallest absolute Gasteiger partial charge is 0.324 e. The van der Waals surface area contributed by atoms with Gasteiger partial charge in [-0.05, 0) is 32.7 Å². The summed E-state index contributed by atoms with van der Waals surface area (Å²) in [5.41, 5.74) is -0.655. The predicted octanol–water partition coefficient (Wildman–Crippen LogP) is 2.28. The predicted molar refractivity (Wildman–Crippen MR) is 67.2 cm³/mol. The van der Waals surface area contributed by atoms with Crippen molar-refractivity contribution in [3.05, 3.63) is 16.1 Å². The maximum atomic E-state index is 11.5. The molecule has 1 aromatic rings. The Morgan fingerprint density at radius 3 is 3.00 bits per heavy atom. The molecule has 0 radical (unpaired) electrons. The van der Waals surface area contributed by atoms with E-state index in [-0.39, 0.29) is 0 Å². The standard InChI is InChI=1S/C12H18N2O2S/c1-3-12(11(15)16)5-4-6-14(12)8-10-7-13-9(2)17-10/h7H,3-6,8H2,1-2H3,(H,15,16). The van der Waals surface area contributed by atoms with Crippen LogP contribution >= 0.6 is 11.3 Å². The fourth-order valence-corrected chi connectivity index (χ4v) is 3.44. The number of hydrogen-bond donors (Lipinski definition) is 1. The minimum absolute atomic E-state index is 0.655. The summed E-state index contributed by atoms with van der Waals surface area (Å²) >= 11 is 1.65. The third-order valence-electron chi connectivity index (χ3n) is 3.62. The zero-order valence-electron chi connectivity index (χ0n) is 10.3. The Morgan fingerprint density at radius 2 is 2.47 bits per heavy atom. The Kier molecular flexibility index (Phi) is 3.49. The van der Waals surface area contributed by atoms with Crippen molar-refractivity contribution < 1.29 is 9.90 Å².